The fraction of sp³-hybridized carbons (Fsp3) is 0.600. The van der Waals surface area contributed by atoms with E-state index in [4.69, 9.17) is 0 Å². The first-order chi connectivity index (χ1) is 8.06. The lowest BCUT2D eigenvalue weighted by Gasteiger charge is -2.25. The Hall–Kier alpha value is -1.02. The van der Waals surface area contributed by atoms with Crippen LogP contribution in [0.2, 0.25) is 0 Å². The first kappa shape index (κ1) is 14.0. The average Bonchev–Trinajstić information content (AvgIpc) is 2.34. The number of benzene rings is 1. The molecule has 2 nitrogen and oxygen atoms in total. The number of aliphatic hydroxyl groups excluding tert-OH is 1. The highest BCUT2D eigenvalue weighted by atomic mass is 16.3. The molecule has 1 unspecified atom stereocenters. The van der Waals surface area contributed by atoms with E-state index in [1.807, 2.05) is 25.1 Å². The monoisotopic (exact) mass is 235 g/mol. The predicted octanol–water partition coefficient (Wildman–Crippen LogP) is 3.61. The van der Waals surface area contributed by atoms with Crippen molar-refractivity contribution in [2.45, 2.75) is 39.7 Å². The molecule has 0 bridgehead atoms. The SMILES string of the molecule is CCC(O)c1ccccc1N(C)CCC(C)C. The first-order valence-corrected chi connectivity index (χ1v) is 6.54. The smallest absolute Gasteiger partial charge is 0.0807 e. The third-order valence-corrected chi connectivity index (χ3v) is 3.14. The minimum Gasteiger partial charge on any atom is -0.388 e. The molecule has 0 spiro atoms. The van der Waals surface area contributed by atoms with E-state index in [-0.39, 0.29) is 6.10 Å². The Morgan fingerprint density at radius 1 is 1.24 bits per heavy atom. The van der Waals surface area contributed by atoms with Gasteiger partial charge in [0, 0.05) is 24.8 Å². The van der Waals surface area contributed by atoms with Crippen LogP contribution in [-0.4, -0.2) is 18.7 Å². The van der Waals surface area contributed by atoms with Gasteiger partial charge in [-0.1, -0.05) is 39.0 Å². The number of rotatable bonds is 6. The maximum absolute atomic E-state index is 10.0. The highest BCUT2D eigenvalue weighted by Crippen LogP contribution is 2.27. The van der Waals surface area contributed by atoms with Gasteiger partial charge in [-0.2, -0.15) is 0 Å². The van der Waals surface area contributed by atoms with E-state index >= 15 is 0 Å². The Morgan fingerprint density at radius 3 is 2.47 bits per heavy atom. The van der Waals surface area contributed by atoms with Crippen LogP contribution in [0.1, 0.15) is 45.3 Å². The second kappa shape index (κ2) is 6.65. The van der Waals surface area contributed by atoms with E-state index in [0.29, 0.717) is 5.92 Å². The summed E-state index contributed by atoms with van der Waals surface area (Å²) < 4.78 is 0. The van der Waals surface area contributed by atoms with Gasteiger partial charge in [0.1, 0.15) is 0 Å². The van der Waals surface area contributed by atoms with Crippen molar-refractivity contribution >= 4 is 5.69 Å². The molecule has 0 aliphatic carbocycles. The van der Waals surface area contributed by atoms with Crippen molar-refractivity contribution in [2.75, 3.05) is 18.5 Å². The van der Waals surface area contributed by atoms with Crippen molar-refractivity contribution in [1.29, 1.82) is 0 Å². The van der Waals surface area contributed by atoms with Gasteiger partial charge in [-0.15, -0.1) is 0 Å². The molecule has 0 radical (unpaired) electrons. The highest BCUT2D eigenvalue weighted by molar-refractivity contribution is 5.54. The van der Waals surface area contributed by atoms with Crippen LogP contribution in [0.25, 0.3) is 0 Å². The quantitative estimate of drug-likeness (QED) is 0.814. The molecule has 2 heteroatoms. The van der Waals surface area contributed by atoms with Gasteiger partial charge in [0.25, 0.3) is 0 Å². The van der Waals surface area contributed by atoms with Crippen LogP contribution in [0.3, 0.4) is 0 Å². The zero-order chi connectivity index (χ0) is 12.8. The van der Waals surface area contributed by atoms with Gasteiger partial charge in [-0.05, 0) is 24.8 Å². The molecule has 0 saturated heterocycles. The summed E-state index contributed by atoms with van der Waals surface area (Å²) in [6, 6.07) is 8.14. The Kier molecular flexibility index (Phi) is 5.49. The average molecular weight is 235 g/mol. The lowest BCUT2D eigenvalue weighted by Crippen LogP contribution is -2.21. The van der Waals surface area contributed by atoms with Gasteiger partial charge in [0.15, 0.2) is 0 Å². The van der Waals surface area contributed by atoms with Crippen LogP contribution in [0.4, 0.5) is 5.69 Å². The van der Waals surface area contributed by atoms with Crippen LogP contribution in [0.15, 0.2) is 24.3 Å². The van der Waals surface area contributed by atoms with E-state index in [1.165, 1.54) is 6.42 Å². The molecule has 1 aromatic rings. The van der Waals surface area contributed by atoms with Crippen molar-refractivity contribution in [3.05, 3.63) is 29.8 Å². The number of para-hydroxylation sites is 1. The largest absolute Gasteiger partial charge is 0.388 e. The predicted molar refractivity (Wildman–Crippen MR) is 74.4 cm³/mol. The molecule has 0 saturated carbocycles. The lowest BCUT2D eigenvalue weighted by molar-refractivity contribution is 0.174. The van der Waals surface area contributed by atoms with E-state index in [0.717, 1.165) is 24.2 Å². The Bertz CT molecular complexity index is 335. The van der Waals surface area contributed by atoms with E-state index in [1.54, 1.807) is 0 Å². The normalized spacial score (nSPS) is 12.8. The molecule has 96 valence electrons. The fourth-order valence-corrected chi connectivity index (χ4v) is 1.91. The van der Waals surface area contributed by atoms with Crippen molar-refractivity contribution < 1.29 is 5.11 Å². The van der Waals surface area contributed by atoms with Gasteiger partial charge < -0.3 is 10.0 Å². The van der Waals surface area contributed by atoms with Gasteiger partial charge >= 0.3 is 0 Å². The van der Waals surface area contributed by atoms with Crippen LogP contribution >= 0.6 is 0 Å². The minimum atomic E-state index is -0.354. The number of nitrogens with zero attached hydrogens (tertiary/aromatic N) is 1. The fourth-order valence-electron chi connectivity index (χ4n) is 1.91. The van der Waals surface area contributed by atoms with Crippen molar-refractivity contribution in [1.82, 2.24) is 0 Å². The van der Waals surface area contributed by atoms with Crippen molar-refractivity contribution in [2.24, 2.45) is 5.92 Å². The molecule has 0 aliphatic heterocycles. The van der Waals surface area contributed by atoms with Crippen molar-refractivity contribution in [3.8, 4) is 0 Å². The van der Waals surface area contributed by atoms with Gasteiger partial charge in [0.2, 0.25) is 0 Å². The molecule has 0 aliphatic rings. The van der Waals surface area contributed by atoms with Crippen LogP contribution in [-0.2, 0) is 0 Å². The zero-order valence-electron chi connectivity index (χ0n) is 11.5. The third kappa shape index (κ3) is 4.04. The van der Waals surface area contributed by atoms with Gasteiger partial charge in [-0.3, -0.25) is 0 Å². The van der Waals surface area contributed by atoms with E-state index < -0.39 is 0 Å². The second-order valence-corrected chi connectivity index (χ2v) is 5.09. The molecular weight excluding hydrogens is 210 g/mol. The Labute approximate surface area is 105 Å². The van der Waals surface area contributed by atoms with Crippen LogP contribution in [0.5, 0.6) is 0 Å². The molecule has 0 fully saturated rings. The van der Waals surface area contributed by atoms with Crippen LogP contribution in [0, 0.1) is 5.92 Å². The Balaban J connectivity index is 2.81. The van der Waals surface area contributed by atoms with Crippen molar-refractivity contribution in [3.63, 3.8) is 0 Å². The summed E-state index contributed by atoms with van der Waals surface area (Å²) in [6.45, 7) is 7.52. The van der Waals surface area contributed by atoms with E-state index in [9.17, 15) is 5.11 Å². The van der Waals surface area contributed by atoms with Gasteiger partial charge in [-0.25, -0.2) is 0 Å². The van der Waals surface area contributed by atoms with Crippen LogP contribution < -0.4 is 4.90 Å². The Morgan fingerprint density at radius 2 is 1.88 bits per heavy atom. The molecule has 1 rings (SSSR count). The minimum absolute atomic E-state index is 0.354. The summed E-state index contributed by atoms with van der Waals surface area (Å²) in [5, 5.41) is 10.0. The number of hydrogen-bond acceptors (Lipinski definition) is 2. The summed E-state index contributed by atoms with van der Waals surface area (Å²) in [4.78, 5) is 2.24. The van der Waals surface area contributed by atoms with E-state index in [2.05, 4.69) is 31.9 Å². The summed E-state index contributed by atoms with van der Waals surface area (Å²) in [7, 11) is 2.10. The molecule has 0 aromatic heterocycles. The molecule has 0 amide bonds. The lowest BCUT2D eigenvalue weighted by atomic mass is 10.0. The third-order valence-electron chi connectivity index (χ3n) is 3.14. The maximum Gasteiger partial charge on any atom is 0.0807 e. The molecular formula is C15H25NO. The number of anilines is 1. The molecule has 17 heavy (non-hydrogen) atoms. The summed E-state index contributed by atoms with van der Waals surface area (Å²) in [5.74, 6) is 0.709. The zero-order valence-corrected chi connectivity index (χ0v) is 11.5. The topological polar surface area (TPSA) is 23.5 Å². The highest BCUT2D eigenvalue weighted by Gasteiger charge is 2.12. The summed E-state index contributed by atoms with van der Waals surface area (Å²) in [5.41, 5.74) is 2.20. The molecule has 0 heterocycles. The summed E-state index contributed by atoms with van der Waals surface area (Å²) >= 11 is 0. The molecule has 1 atom stereocenters. The number of hydrogen-bond donors (Lipinski definition) is 1. The second-order valence-electron chi connectivity index (χ2n) is 5.09. The molecule has 1 N–H and O–H groups in total. The molecule has 1 aromatic carbocycles. The standard InChI is InChI=1S/C15H25NO/c1-5-15(17)13-8-6-7-9-14(13)16(4)11-10-12(2)3/h6-9,12,15,17H,5,10-11H2,1-4H3. The summed E-state index contributed by atoms with van der Waals surface area (Å²) in [6.07, 6.45) is 1.58. The first-order valence-electron chi connectivity index (χ1n) is 6.54. The number of aliphatic hydroxyl groups is 1. The maximum atomic E-state index is 10.0. The van der Waals surface area contributed by atoms with Gasteiger partial charge in [0.05, 0.1) is 6.10 Å².